The Morgan fingerprint density at radius 2 is 2.12 bits per heavy atom. The second kappa shape index (κ2) is 8.50. The van der Waals surface area contributed by atoms with Crippen LogP contribution in [0.25, 0.3) is 0 Å². The maximum Gasteiger partial charge on any atom is 0.322 e. The van der Waals surface area contributed by atoms with Gasteiger partial charge in [-0.2, -0.15) is 0 Å². The van der Waals surface area contributed by atoms with E-state index in [9.17, 15) is 9.59 Å². The van der Waals surface area contributed by atoms with Gasteiger partial charge in [-0.15, -0.1) is 0 Å². The summed E-state index contributed by atoms with van der Waals surface area (Å²) < 4.78 is 9.56. The van der Waals surface area contributed by atoms with Gasteiger partial charge in [-0.25, -0.2) is 4.79 Å². The second-order valence-electron chi connectivity index (χ2n) is 5.32. The minimum absolute atomic E-state index is 0.0672. The number of urea groups is 1. The number of methoxy groups -OCH3 is 1. The molecule has 0 aliphatic rings. The Morgan fingerprint density at radius 1 is 1.36 bits per heavy atom. The molecule has 0 spiro atoms. The van der Waals surface area contributed by atoms with Crippen LogP contribution in [0.4, 0.5) is 16.2 Å². The Kier molecular flexibility index (Phi) is 6.37. The van der Waals surface area contributed by atoms with Crippen LogP contribution >= 0.6 is 11.6 Å². The number of benzene rings is 1. The van der Waals surface area contributed by atoms with Crippen LogP contribution in [-0.2, 0) is 9.53 Å². The highest BCUT2D eigenvalue weighted by atomic mass is 35.5. The third-order valence-corrected chi connectivity index (χ3v) is 3.88. The molecule has 1 aromatic carbocycles. The average Bonchev–Trinajstić information content (AvgIpc) is 3.11. The number of nitrogens with zero attached hydrogens (tertiary/aromatic N) is 2. The van der Waals surface area contributed by atoms with E-state index in [4.69, 9.17) is 20.9 Å². The van der Waals surface area contributed by atoms with E-state index in [1.165, 1.54) is 18.3 Å². The van der Waals surface area contributed by atoms with Crippen molar-refractivity contribution in [1.82, 2.24) is 10.1 Å². The van der Waals surface area contributed by atoms with Gasteiger partial charge in [0.1, 0.15) is 18.6 Å². The Hall–Kier alpha value is -2.58. The fourth-order valence-corrected chi connectivity index (χ4v) is 2.21. The molecule has 25 heavy (non-hydrogen) atoms. The summed E-state index contributed by atoms with van der Waals surface area (Å²) in [6.07, 6.45) is 1.45. The largest absolute Gasteiger partial charge is 0.375 e. The van der Waals surface area contributed by atoms with E-state index >= 15 is 0 Å². The summed E-state index contributed by atoms with van der Waals surface area (Å²) >= 11 is 6.12. The summed E-state index contributed by atoms with van der Waals surface area (Å²) in [5, 5.41) is 9.53. The average molecular weight is 367 g/mol. The quantitative estimate of drug-likeness (QED) is 0.818. The Morgan fingerprint density at radius 3 is 2.76 bits per heavy atom. The van der Waals surface area contributed by atoms with Gasteiger partial charge in [0, 0.05) is 25.9 Å². The van der Waals surface area contributed by atoms with Gasteiger partial charge in [0.25, 0.3) is 0 Å². The number of rotatable bonds is 6. The molecule has 2 rings (SSSR count). The summed E-state index contributed by atoms with van der Waals surface area (Å²) in [6.45, 7) is 1.75. The van der Waals surface area contributed by atoms with Crippen molar-refractivity contribution in [3.8, 4) is 0 Å². The lowest BCUT2D eigenvalue weighted by Crippen LogP contribution is -2.33. The number of aromatic nitrogens is 1. The highest BCUT2D eigenvalue weighted by Crippen LogP contribution is 2.27. The number of anilines is 2. The first kappa shape index (κ1) is 18.8. The predicted octanol–water partition coefficient (Wildman–Crippen LogP) is 3.14. The molecule has 8 nitrogen and oxygen atoms in total. The van der Waals surface area contributed by atoms with E-state index in [-0.39, 0.29) is 24.6 Å². The third-order valence-electron chi connectivity index (χ3n) is 3.55. The summed E-state index contributed by atoms with van der Waals surface area (Å²) in [5.74, 6) is -0.307. The van der Waals surface area contributed by atoms with Gasteiger partial charge in [-0.1, -0.05) is 16.8 Å². The molecule has 1 atom stereocenters. The van der Waals surface area contributed by atoms with Gasteiger partial charge in [0.15, 0.2) is 0 Å². The van der Waals surface area contributed by atoms with Crippen LogP contribution < -0.4 is 10.6 Å². The molecule has 0 saturated heterocycles. The summed E-state index contributed by atoms with van der Waals surface area (Å²) in [5.41, 5.74) is 1.50. The molecule has 9 heteroatoms. The van der Waals surface area contributed by atoms with Crippen molar-refractivity contribution < 1.29 is 18.8 Å². The molecule has 0 unspecified atom stereocenters. The topological polar surface area (TPSA) is 96.7 Å². The summed E-state index contributed by atoms with van der Waals surface area (Å²) in [4.78, 5) is 25.5. The minimum atomic E-state index is -0.377. The van der Waals surface area contributed by atoms with Gasteiger partial charge in [0.2, 0.25) is 5.91 Å². The van der Waals surface area contributed by atoms with Crippen molar-refractivity contribution in [2.75, 3.05) is 31.4 Å². The zero-order chi connectivity index (χ0) is 18.4. The lowest BCUT2D eigenvalue weighted by molar-refractivity contribution is -0.119. The van der Waals surface area contributed by atoms with Crippen LogP contribution in [0.5, 0.6) is 0 Å². The van der Waals surface area contributed by atoms with E-state index in [1.54, 1.807) is 31.3 Å². The van der Waals surface area contributed by atoms with Gasteiger partial charge < -0.3 is 24.8 Å². The number of hydrogen-bond donors (Lipinski definition) is 2. The van der Waals surface area contributed by atoms with Crippen LogP contribution in [0.1, 0.15) is 18.7 Å². The summed E-state index contributed by atoms with van der Waals surface area (Å²) in [6, 6.07) is 5.81. The molecular weight excluding hydrogens is 348 g/mol. The fraction of sp³-hybridized carbons (Fsp3) is 0.312. The van der Waals surface area contributed by atoms with E-state index in [2.05, 4.69) is 15.8 Å². The van der Waals surface area contributed by atoms with Crippen LogP contribution in [0.15, 0.2) is 35.1 Å². The summed E-state index contributed by atoms with van der Waals surface area (Å²) in [7, 11) is 3.06. The molecular formula is C16H19ClN4O4. The maximum absolute atomic E-state index is 12.4. The van der Waals surface area contributed by atoms with Gasteiger partial charge in [0.05, 0.1) is 16.8 Å². The first-order chi connectivity index (χ1) is 11.9. The fourth-order valence-electron chi connectivity index (χ4n) is 2.04. The molecule has 0 aliphatic carbocycles. The molecule has 1 heterocycles. The lowest BCUT2D eigenvalue weighted by atomic mass is 10.2. The SMILES string of the molecule is COCC(=O)Nc1ccc(Cl)c(NC(=O)N(C)[C@H](C)c2ccon2)c1. The number of ether oxygens (including phenoxy) is 1. The first-order valence-corrected chi connectivity index (χ1v) is 7.82. The number of halogens is 1. The smallest absolute Gasteiger partial charge is 0.322 e. The van der Waals surface area contributed by atoms with Gasteiger partial charge >= 0.3 is 6.03 Å². The van der Waals surface area contributed by atoms with Crippen LogP contribution in [0, 0.1) is 0 Å². The standard InChI is InChI=1S/C16H19ClN4O4/c1-10(13-6-7-25-20-13)21(2)16(23)19-14-8-11(4-5-12(14)17)18-15(22)9-24-3/h4-8,10H,9H2,1-3H3,(H,18,22)(H,19,23)/t10-/m1/s1. The molecule has 2 N–H and O–H groups in total. The van der Waals surface area contributed by atoms with Crippen LogP contribution in [0.3, 0.4) is 0 Å². The zero-order valence-electron chi connectivity index (χ0n) is 14.1. The normalized spacial score (nSPS) is 11.7. The molecule has 0 aliphatic heterocycles. The molecule has 0 saturated carbocycles. The maximum atomic E-state index is 12.4. The van der Waals surface area contributed by atoms with Crippen molar-refractivity contribution in [3.63, 3.8) is 0 Å². The molecule has 0 fully saturated rings. The lowest BCUT2D eigenvalue weighted by Gasteiger charge is -2.23. The predicted molar refractivity (Wildman–Crippen MR) is 93.7 cm³/mol. The molecule has 1 aromatic heterocycles. The molecule has 0 radical (unpaired) electrons. The molecule has 0 bridgehead atoms. The third kappa shape index (κ3) is 4.94. The number of nitrogens with one attached hydrogen (secondary N) is 2. The number of hydrogen-bond acceptors (Lipinski definition) is 5. The van der Waals surface area contributed by atoms with Crippen molar-refractivity contribution in [3.05, 3.63) is 41.2 Å². The van der Waals surface area contributed by atoms with Gasteiger partial charge in [-0.05, 0) is 25.1 Å². The van der Waals surface area contributed by atoms with Crippen molar-refractivity contribution in [1.29, 1.82) is 0 Å². The molecule has 3 amide bonds. The van der Waals surface area contributed by atoms with Crippen molar-refractivity contribution in [2.24, 2.45) is 0 Å². The van der Waals surface area contributed by atoms with Crippen molar-refractivity contribution in [2.45, 2.75) is 13.0 Å². The Balaban J connectivity index is 2.07. The molecule has 2 aromatic rings. The molecule has 134 valence electrons. The van der Waals surface area contributed by atoms with Crippen LogP contribution in [-0.4, -0.2) is 42.8 Å². The van der Waals surface area contributed by atoms with Crippen molar-refractivity contribution >= 4 is 34.9 Å². The number of carbonyl (C=O) groups is 2. The Labute approximate surface area is 150 Å². The monoisotopic (exact) mass is 366 g/mol. The highest BCUT2D eigenvalue weighted by Gasteiger charge is 2.20. The second-order valence-corrected chi connectivity index (χ2v) is 5.72. The number of carbonyl (C=O) groups excluding carboxylic acids is 2. The highest BCUT2D eigenvalue weighted by molar-refractivity contribution is 6.33. The van der Waals surface area contributed by atoms with Crippen LogP contribution in [0.2, 0.25) is 5.02 Å². The van der Waals surface area contributed by atoms with E-state index in [0.717, 1.165) is 0 Å². The Bertz CT molecular complexity index is 736. The van der Waals surface area contributed by atoms with E-state index in [1.807, 2.05) is 6.92 Å². The minimum Gasteiger partial charge on any atom is -0.375 e. The van der Waals surface area contributed by atoms with Gasteiger partial charge in [-0.3, -0.25) is 4.79 Å². The zero-order valence-corrected chi connectivity index (χ0v) is 14.8. The number of amides is 3. The van der Waals surface area contributed by atoms with E-state index in [0.29, 0.717) is 22.1 Å². The van der Waals surface area contributed by atoms with E-state index < -0.39 is 0 Å². The first-order valence-electron chi connectivity index (χ1n) is 7.44.